The number of aryl methyl sites for hydroxylation is 2. The van der Waals surface area contributed by atoms with Crippen LogP contribution in [0.1, 0.15) is 42.1 Å². The van der Waals surface area contributed by atoms with Gasteiger partial charge in [0.05, 0.1) is 0 Å². The molecule has 0 aliphatic carbocycles. The summed E-state index contributed by atoms with van der Waals surface area (Å²) in [5, 5.41) is 3.51. The molecule has 0 amide bonds. The highest BCUT2D eigenvalue weighted by molar-refractivity contribution is 7.12. The van der Waals surface area contributed by atoms with Crippen LogP contribution in [-0.4, -0.2) is 6.54 Å². The molecule has 1 rings (SSSR count). The summed E-state index contributed by atoms with van der Waals surface area (Å²) in [6.45, 7) is 11.8. The van der Waals surface area contributed by atoms with Crippen molar-refractivity contribution in [1.82, 2.24) is 5.32 Å². The standard InChI is InChI=1S/C13H21NS/c1-9(2)6-7-14-11(4)13-8-10(3)15-12(13)5/h6,8,11,14H,7H2,1-5H3. The van der Waals surface area contributed by atoms with Crippen molar-refractivity contribution in [2.45, 2.75) is 40.7 Å². The van der Waals surface area contributed by atoms with Crippen LogP contribution in [-0.2, 0) is 0 Å². The van der Waals surface area contributed by atoms with Gasteiger partial charge in [0, 0.05) is 22.3 Å². The molecule has 15 heavy (non-hydrogen) atoms. The van der Waals surface area contributed by atoms with Gasteiger partial charge >= 0.3 is 0 Å². The summed E-state index contributed by atoms with van der Waals surface area (Å²) < 4.78 is 0. The number of hydrogen-bond donors (Lipinski definition) is 1. The van der Waals surface area contributed by atoms with Gasteiger partial charge in [-0.1, -0.05) is 11.6 Å². The van der Waals surface area contributed by atoms with E-state index in [9.17, 15) is 0 Å². The van der Waals surface area contributed by atoms with Crippen LogP contribution in [0.3, 0.4) is 0 Å². The molecule has 84 valence electrons. The number of rotatable bonds is 4. The summed E-state index contributed by atoms with van der Waals surface area (Å²) >= 11 is 1.88. The summed E-state index contributed by atoms with van der Waals surface area (Å²) in [6, 6.07) is 2.74. The zero-order valence-electron chi connectivity index (χ0n) is 10.3. The van der Waals surface area contributed by atoms with Crippen LogP contribution < -0.4 is 5.32 Å². The van der Waals surface area contributed by atoms with Gasteiger partial charge in [-0.2, -0.15) is 0 Å². The fraction of sp³-hybridized carbons (Fsp3) is 0.538. The first-order valence-corrected chi connectivity index (χ1v) is 6.26. The van der Waals surface area contributed by atoms with Crippen LogP contribution in [0.25, 0.3) is 0 Å². The number of hydrogen-bond acceptors (Lipinski definition) is 2. The van der Waals surface area contributed by atoms with Crippen LogP contribution in [0.15, 0.2) is 17.7 Å². The van der Waals surface area contributed by atoms with E-state index in [2.05, 4.69) is 52.1 Å². The molecule has 1 unspecified atom stereocenters. The third-order valence-corrected chi connectivity index (χ3v) is 3.46. The van der Waals surface area contributed by atoms with Crippen molar-refractivity contribution in [3.05, 3.63) is 33.0 Å². The largest absolute Gasteiger partial charge is 0.307 e. The molecule has 0 aromatic carbocycles. The van der Waals surface area contributed by atoms with E-state index in [0.717, 1.165) is 6.54 Å². The van der Waals surface area contributed by atoms with E-state index in [1.807, 2.05) is 11.3 Å². The quantitative estimate of drug-likeness (QED) is 0.761. The first kappa shape index (κ1) is 12.5. The molecular formula is C13H21NS. The molecule has 0 saturated carbocycles. The Balaban J connectivity index is 2.57. The molecule has 0 saturated heterocycles. The number of nitrogens with one attached hydrogen (secondary N) is 1. The molecular weight excluding hydrogens is 202 g/mol. The molecule has 1 aromatic heterocycles. The van der Waals surface area contributed by atoms with Gasteiger partial charge in [0.25, 0.3) is 0 Å². The van der Waals surface area contributed by atoms with Crippen LogP contribution >= 0.6 is 11.3 Å². The lowest BCUT2D eigenvalue weighted by atomic mass is 10.1. The number of thiophene rings is 1. The monoisotopic (exact) mass is 223 g/mol. The second kappa shape index (κ2) is 5.47. The molecule has 1 N–H and O–H groups in total. The molecule has 0 aliphatic rings. The van der Waals surface area contributed by atoms with Gasteiger partial charge < -0.3 is 5.32 Å². The molecule has 1 nitrogen and oxygen atoms in total. The predicted octanol–water partition coefficient (Wildman–Crippen LogP) is 3.98. The molecule has 2 heteroatoms. The van der Waals surface area contributed by atoms with Gasteiger partial charge in [0.2, 0.25) is 0 Å². The lowest BCUT2D eigenvalue weighted by molar-refractivity contribution is 0.615. The number of allylic oxidation sites excluding steroid dienone is 1. The minimum atomic E-state index is 0.450. The maximum absolute atomic E-state index is 3.51. The summed E-state index contributed by atoms with van der Waals surface area (Å²) in [7, 11) is 0. The van der Waals surface area contributed by atoms with Crippen molar-refractivity contribution in [3.8, 4) is 0 Å². The second-order valence-electron chi connectivity index (χ2n) is 4.28. The maximum Gasteiger partial charge on any atom is 0.0305 e. The normalized spacial score (nSPS) is 12.6. The molecule has 0 fully saturated rings. The Labute approximate surface area is 97.2 Å². The second-order valence-corrected chi connectivity index (χ2v) is 5.74. The Hall–Kier alpha value is -0.600. The summed E-state index contributed by atoms with van der Waals surface area (Å²) in [6.07, 6.45) is 2.23. The minimum Gasteiger partial charge on any atom is -0.307 e. The zero-order valence-corrected chi connectivity index (χ0v) is 11.2. The first-order chi connectivity index (χ1) is 7.00. The molecule has 0 radical (unpaired) electrons. The highest BCUT2D eigenvalue weighted by Gasteiger charge is 2.09. The molecule has 1 aromatic rings. The lowest BCUT2D eigenvalue weighted by Gasteiger charge is -2.12. The topological polar surface area (TPSA) is 12.0 Å². The Bertz CT molecular complexity index is 345. The van der Waals surface area contributed by atoms with Gasteiger partial charge in [-0.15, -0.1) is 11.3 Å². The van der Waals surface area contributed by atoms with E-state index in [1.165, 1.54) is 20.9 Å². The van der Waals surface area contributed by atoms with E-state index in [4.69, 9.17) is 0 Å². The van der Waals surface area contributed by atoms with Gasteiger partial charge in [0.1, 0.15) is 0 Å². The first-order valence-electron chi connectivity index (χ1n) is 5.44. The van der Waals surface area contributed by atoms with Gasteiger partial charge in [-0.25, -0.2) is 0 Å². The smallest absolute Gasteiger partial charge is 0.0305 e. The molecule has 0 aliphatic heterocycles. The van der Waals surface area contributed by atoms with Crippen LogP contribution in [0.2, 0.25) is 0 Å². The predicted molar refractivity (Wildman–Crippen MR) is 69.6 cm³/mol. The van der Waals surface area contributed by atoms with Crippen molar-refractivity contribution in [2.75, 3.05) is 6.54 Å². The summed E-state index contributed by atoms with van der Waals surface area (Å²) in [5.74, 6) is 0. The molecule has 1 atom stereocenters. The van der Waals surface area contributed by atoms with E-state index < -0.39 is 0 Å². The Morgan fingerprint density at radius 3 is 2.60 bits per heavy atom. The molecule has 0 spiro atoms. The van der Waals surface area contributed by atoms with E-state index in [0.29, 0.717) is 6.04 Å². The summed E-state index contributed by atoms with van der Waals surface area (Å²) in [5.41, 5.74) is 2.81. The SMILES string of the molecule is CC(C)=CCNC(C)c1cc(C)sc1C. The maximum atomic E-state index is 3.51. The molecule has 1 heterocycles. The summed E-state index contributed by atoms with van der Waals surface area (Å²) in [4.78, 5) is 2.84. The third kappa shape index (κ3) is 3.80. The van der Waals surface area contributed by atoms with Crippen LogP contribution in [0.4, 0.5) is 0 Å². The Kier molecular flexibility index (Phi) is 4.55. The van der Waals surface area contributed by atoms with Crippen molar-refractivity contribution in [2.24, 2.45) is 0 Å². The van der Waals surface area contributed by atoms with Crippen molar-refractivity contribution in [3.63, 3.8) is 0 Å². The van der Waals surface area contributed by atoms with Gasteiger partial charge in [-0.05, 0) is 46.2 Å². The van der Waals surface area contributed by atoms with Gasteiger partial charge in [0.15, 0.2) is 0 Å². The average Bonchev–Trinajstić information content (AvgIpc) is 2.44. The van der Waals surface area contributed by atoms with Crippen LogP contribution in [0, 0.1) is 13.8 Å². The minimum absolute atomic E-state index is 0.450. The average molecular weight is 223 g/mol. The van der Waals surface area contributed by atoms with E-state index >= 15 is 0 Å². The molecule has 0 bridgehead atoms. The Morgan fingerprint density at radius 2 is 2.13 bits per heavy atom. The van der Waals surface area contributed by atoms with Crippen molar-refractivity contribution >= 4 is 11.3 Å². The lowest BCUT2D eigenvalue weighted by Crippen LogP contribution is -2.18. The fourth-order valence-corrected chi connectivity index (χ4v) is 2.65. The van der Waals surface area contributed by atoms with Crippen molar-refractivity contribution < 1.29 is 0 Å². The van der Waals surface area contributed by atoms with E-state index in [-0.39, 0.29) is 0 Å². The Morgan fingerprint density at radius 1 is 1.47 bits per heavy atom. The zero-order chi connectivity index (χ0) is 11.4. The van der Waals surface area contributed by atoms with Gasteiger partial charge in [-0.3, -0.25) is 0 Å². The van der Waals surface area contributed by atoms with Crippen LogP contribution in [0.5, 0.6) is 0 Å². The fourth-order valence-electron chi connectivity index (χ4n) is 1.63. The highest BCUT2D eigenvalue weighted by Crippen LogP contribution is 2.25. The van der Waals surface area contributed by atoms with E-state index in [1.54, 1.807) is 0 Å². The highest BCUT2D eigenvalue weighted by atomic mass is 32.1. The van der Waals surface area contributed by atoms with Crippen molar-refractivity contribution in [1.29, 1.82) is 0 Å². The third-order valence-electron chi connectivity index (χ3n) is 2.48.